The van der Waals surface area contributed by atoms with Crippen molar-refractivity contribution in [2.24, 2.45) is 0 Å². The summed E-state index contributed by atoms with van der Waals surface area (Å²) in [6.45, 7) is 0. The van der Waals surface area contributed by atoms with E-state index >= 15 is 0 Å². The lowest BCUT2D eigenvalue weighted by Crippen LogP contribution is -2.34. The molecule has 0 aliphatic heterocycles. The van der Waals surface area contributed by atoms with E-state index in [1.807, 2.05) is 0 Å². The first kappa shape index (κ1) is 18.1. The van der Waals surface area contributed by atoms with Crippen molar-refractivity contribution >= 4 is 57.8 Å². The maximum absolute atomic E-state index is 13.3. The highest BCUT2D eigenvalue weighted by atomic mass is 35.5. The largest absolute Gasteiger partial charge is 0.332 e. The van der Waals surface area contributed by atoms with Crippen molar-refractivity contribution in [1.82, 2.24) is 5.32 Å². The minimum Gasteiger partial charge on any atom is -0.332 e. The van der Waals surface area contributed by atoms with Gasteiger partial charge in [0.05, 0.1) is 15.5 Å². The molecule has 2 aromatic rings. The van der Waals surface area contributed by atoms with E-state index in [9.17, 15) is 19.3 Å². The molecule has 24 heavy (non-hydrogen) atoms. The highest BCUT2D eigenvalue weighted by Crippen LogP contribution is 2.22. The van der Waals surface area contributed by atoms with Gasteiger partial charge in [0.1, 0.15) is 0 Å². The number of nitrogens with zero attached hydrogens (tertiary/aromatic N) is 1. The molecule has 2 N–H and O–H groups in total. The van der Waals surface area contributed by atoms with Gasteiger partial charge in [0.2, 0.25) is 5.82 Å². The van der Waals surface area contributed by atoms with Crippen LogP contribution < -0.4 is 10.6 Å². The van der Waals surface area contributed by atoms with Crippen LogP contribution in [0.5, 0.6) is 0 Å². The molecule has 0 fully saturated rings. The van der Waals surface area contributed by atoms with Crippen LogP contribution in [0.4, 0.5) is 15.8 Å². The third-order valence-corrected chi connectivity index (χ3v) is 3.56. The lowest BCUT2D eigenvalue weighted by molar-refractivity contribution is -0.387. The molecule has 0 spiro atoms. The monoisotopic (exact) mass is 387 g/mol. The van der Waals surface area contributed by atoms with Gasteiger partial charge in [-0.25, -0.2) is 0 Å². The normalized spacial score (nSPS) is 10.1. The number of carbonyl (C=O) groups is 1. The van der Waals surface area contributed by atoms with E-state index in [-0.39, 0.29) is 21.4 Å². The summed E-state index contributed by atoms with van der Waals surface area (Å²) in [5, 5.41) is 16.0. The maximum atomic E-state index is 13.3. The molecule has 0 aliphatic rings. The molecule has 2 aromatic carbocycles. The quantitative estimate of drug-likeness (QED) is 0.469. The second-order valence-electron chi connectivity index (χ2n) is 4.46. The Hall–Kier alpha value is -2.29. The summed E-state index contributed by atoms with van der Waals surface area (Å²) >= 11 is 16.6. The summed E-state index contributed by atoms with van der Waals surface area (Å²) in [4.78, 5) is 21.9. The summed E-state index contributed by atoms with van der Waals surface area (Å²) in [5.41, 5.74) is -0.416. The summed E-state index contributed by atoms with van der Waals surface area (Å²) < 4.78 is 13.3. The van der Waals surface area contributed by atoms with Crippen molar-refractivity contribution in [2.45, 2.75) is 0 Å². The SMILES string of the molecule is O=C(NC(=S)Nc1ccc(F)c([N+](=O)[O-])c1)c1ccc(Cl)cc1Cl. The van der Waals surface area contributed by atoms with Crippen LogP contribution in [0.1, 0.15) is 10.4 Å². The first-order valence-electron chi connectivity index (χ1n) is 6.29. The number of carbonyl (C=O) groups excluding carboxylic acids is 1. The van der Waals surface area contributed by atoms with Crippen molar-refractivity contribution < 1.29 is 14.1 Å². The molecule has 0 heterocycles. The van der Waals surface area contributed by atoms with E-state index in [0.717, 1.165) is 12.1 Å². The second-order valence-corrected chi connectivity index (χ2v) is 5.71. The molecular formula is C14H8Cl2FN3O3S. The van der Waals surface area contributed by atoms with E-state index in [1.165, 1.54) is 24.3 Å². The molecule has 1 amide bonds. The predicted molar refractivity (Wildman–Crippen MR) is 93.2 cm³/mol. The van der Waals surface area contributed by atoms with Crippen molar-refractivity contribution in [3.63, 3.8) is 0 Å². The zero-order valence-electron chi connectivity index (χ0n) is 11.7. The van der Waals surface area contributed by atoms with Gasteiger partial charge >= 0.3 is 5.69 Å². The van der Waals surface area contributed by atoms with Crippen LogP contribution in [0.3, 0.4) is 0 Å². The van der Waals surface area contributed by atoms with Crippen molar-refractivity contribution in [3.8, 4) is 0 Å². The van der Waals surface area contributed by atoms with Gasteiger partial charge < -0.3 is 5.32 Å². The first-order valence-corrected chi connectivity index (χ1v) is 7.45. The van der Waals surface area contributed by atoms with E-state index in [1.54, 1.807) is 0 Å². The van der Waals surface area contributed by atoms with Crippen LogP contribution >= 0.6 is 35.4 Å². The summed E-state index contributed by atoms with van der Waals surface area (Å²) in [6.07, 6.45) is 0. The minimum atomic E-state index is -0.978. The van der Waals surface area contributed by atoms with Crippen LogP contribution in [-0.4, -0.2) is 15.9 Å². The molecule has 0 atom stereocenters. The van der Waals surface area contributed by atoms with Crippen LogP contribution in [0.15, 0.2) is 36.4 Å². The number of anilines is 1. The lowest BCUT2D eigenvalue weighted by atomic mass is 10.2. The van der Waals surface area contributed by atoms with Gasteiger partial charge in [0, 0.05) is 16.8 Å². The molecular weight excluding hydrogens is 380 g/mol. The Labute approximate surface area is 150 Å². The molecule has 10 heteroatoms. The van der Waals surface area contributed by atoms with Crippen LogP contribution in [-0.2, 0) is 0 Å². The minimum absolute atomic E-state index is 0.132. The number of benzene rings is 2. The van der Waals surface area contributed by atoms with Crippen LogP contribution in [0.25, 0.3) is 0 Å². The third kappa shape index (κ3) is 4.38. The number of thiocarbonyl (C=S) groups is 1. The fourth-order valence-corrected chi connectivity index (χ4v) is 2.44. The summed E-state index contributed by atoms with van der Waals surface area (Å²) in [5.74, 6) is -1.57. The third-order valence-electron chi connectivity index (χ3n) is 2.80. The van der Waals surface area contributed by atoms with E-state index in [4.69, 9.17) is 35.4 Å². The van der Waals surface area contributed by atoms with Crippen molar-refractivity contribution in [2.75, 3.05) is 5.32 Å². The number of nitro groups is 1. The Kier molecular flexibility index (Phi) is 5.66. The smallest absolute Gasteiger partial charge is 0.306 e. The van der Waals surface area contributed by atoms with Crippen molar-refractivity contribution in [1.29, 1.82) is 0 Å². The number of halogens is 3. The van der Waals surface area contributed by atoms with Gasteiger partial charge in [-0.2, -0.15) is 4.39 Å². The number of hydrogen-bond donors (Lipinski definition) is 2. The van der Waals surface area contributed by atoms with Gasteiger partial charge in [-0.15, -0.1) is 0 Å². The first-order chi connectivity index (χ1) is 11.3. The van der Waals surface area contributed by atoms with Gasteiger partial charge in [0.15, 0.2) is 5.11 Å². The Morgan fingerprint density at radius 3 is 2.54 bits per heavy atom. The molecule has 0 unspecified atom stereocenters. The highest BCUT2D eigenvalue weighted by Gasteiger charge is 2.16. The zero-order chi connectivity index (χ0) is 17.9. The fraction of sp³-hybridized carbons (Fsp3) is 0. The molecule has 0 saturated heterocycles. The molecule has 124 valence electrons. The maximum Gasteiger partial charge on any atom is 0.306 e. The van der Waals surface area contributed by atoms with Crippen LogP contribution in [0, 0.1) is 15.9 Å². The van der Waals surface area contributed by atoms with Gasteiger partial charge in [-0.05, 0) is 42.5 Å². The van der Waals surface area contributed by atoms with E-state index < -0.39 is 22.3 Å². The number of hydrogen-bond acceptors (Lipinski definition) is 4. The highest BCUT2D eigenvalue weighted by molar-refractivity contribution is 7.80. The van der Waals surface area contributed by atoms with Crippen molar-refractivity contribution in [3.05, 3.63) is 67.9 Å². The zero-order valence-corrected chi connectivity index (χ0v) is 14.0. The predicted octanol–water partition coefficient (Wildman–Crippen LogP) is 4.17. The Balaban J connectivity index is 2.09. The summed E-state index contributed by atoms with van der Waals surface area (Å²) in [6, 6.07) is 7.44. The molecule has 0 aliphatic carbocycles. The summed E-state index contributed by atoms with van der Waals surface area (Å²) in [7, 11) is 0. The Bertz CT molecular complexity index is 848. The number of nitro benzene ring substituents is 1. The molecule has 6 nitrogen and oxygen atoms in total. The van der Waals surface area contributed by atoms with E-state index in [2.05, 4.69) is 10.6 Å². The van der Waals surface area contributed by atoms with Gasteiger partial charge in [-0.3, -0.25) is 20.2 Å². The second kappa shape index (κ2) is 7.52. The number of amides is 1. The molecule has 0 radical (unpaired) electrons. The molecule has 0 saturated carbocycles. The number of nitrogens with one attached hydrogen (secondary N) is 2. The standard InChI is InChI=1S/C14H8Cl2FN3O3S/c15-7-1-3-9(10(16)5-7)13(21)19-14(24)18-8-2-4-11(17)12(6-8)20(22)23/h1-6H,(H2,18,19,21,24). The Morgan fingerprint density at radius 2 is 1.92 bits per heavy atom. The average Bonchev–Trinajstić information content (AvgIpc) is 2.48. The molecule has 0 bridgehead atoms. The lowest BCUT2D eigenvalue weighted by Gasteiger charge is -2.10. The topological polar surface area (TPSA) is 84.3 Å². The Morgan fingerprint density at radius 1 is 1.21 bits per heavy atom. The molecule has 0 aromatic heterocycles. The average molecular weight is 388 g/mol. The fourth-order valence-electron chi connectivity index (χ4n) is 1.74. The van der Waals surface area contributed by atoms with Gasteiger partial charge in [0.25, 0.3) is 5.91 Å². The number of rotatable bonds is 3. The molecule has 2 rings (SSSR count). The van der Waals surface area contributed by atoms with E-state index in [0.29, 0.717) is 5.02 Å². The van der Waals surface area contributed by atoms with Crippen LogP contribution in [0.2, 0.25) is 10.0 Å². The van der Waals surface area contributed by atoms with Gasteiger partial charge in [-0.1, -0.05) is 23.2 Å².